The molecule has 0 aromatic heterocycles. The fourth-order valence-corrected chi connectivity index (χ4v) is 1.76. The predicted octanol–water partition coefficient (Wildman–Crippen LogP) is 1.73. The van der Waals surface area contributed by atoms with Gasteiger partial charge < -0.3 is 15.2 Å². The van der Waals surface area contributed by atoms with E-state index in [0.29, 0.717) is 4.47 Å². The van der Waals surface area contributed by atoms with E-state index in [9.17, 15) is 9.18 Å². The van der Waals surface area contributed by atoms with Crippen LogP contribution in [0.1, 0.15) is 0 Å². The molecule has 1 amide bonds. The van der Waals surface area contributed by atoms with Crippen molar-refractivity contribution in [1.29, 1.82) is 0 Å². The Balaban J connectivity index is 2.57. The van der Waals surface area contributed by atoms with Gasteiger partial charge in [-0.1, -0.05) is 11.6 Å². The van der Waals surface area contributed by atoms with Crippen molar-refractivity contribution in [2.75, 3.05) is 19.8 Å². The molecule has 0 fully saturated rings. The van der Waals surface area contributed by atoms with E-state index < -0.39 is 11.7 Å². The molecule has 0 saturated heterocycles. The second-order valence-corrected chi connectivity index (χ2v) is 4.32. The molecule has 7 heteroatoms. The number of halogens is 3. The van der Waals surface area contributed by atoms with Crippen LogP contribution in [0.4, 0.5) is 4.39 Å². The van der Waals surface area contributed by atoms with Gasteiger partial charge in [-0.2, -0.15) is 0 Å². The number of nitrogens with one attached hydrogen (secondary N) is 1. The van der Waals surface area contributed by atoms with E-state index in [0.717, 1.165) is 6.07 Å². The van der Waals surface area contributed by atoms with Gasteiger partial charge in [0.25, 0.3) is 5.91 Å². The lowest BCUT2D eigenvalue weighted by atomic mass is 10.3. The summed E-state index contributed by atoms with van der Waals surface area (Å²) in [7, 11) is 0. The van der Waals surface area contributed by atoms with Crippen molar-refractivity contribution in [3.63, 3.8) is 0 Å². The van der Waals surface area contributed by atoms with Crippen LogP contribution in [0.3, 0.4) is 0 Å². The lowest BCUT2D eigenvalue weighted by molar-refractivity contribution is -0.123. The zero-order chi connectivity index (χ0) is 12.8. The first kappa shape index (κ1) is 14.2. The first-order valence-electron chi connectivity index (χ1n) is 4.69. The highest BCUT2D eigenvalue weighted by molar-refractivity contribution is 9.10. The normalized spacial score (nSPS) is 10.1. The molecule has 1 aromatic rings. The second-order valence-electron chi connectivity index (χ2n) is 3.06. The van der Waals surface area contributed by atoms with Gasteiger partial charge >= 0.3 is 0 Å². The van der Waals surface area contributed by atoms with Crippen molar-refractivity contribution >= 4 is 33.4 Å². The van der Waals surface area contributed by atoms with Crippen molar-refractivity contribution in [3.8, 4) is 5.75 Å². The van der Waals surface area contributed by atoms with Gasteiger partial charge in [0, 0.05) is 12.6 Å². The molecule has 2 N–H and O–H groups in total. The Kier molecular flexibility index (Phi) is 5.67. The number of hydrogen-bond acceptors (Lipinski definition) is 3. The van der Waals surface area contributed by atoms with Crippen LogP contribution in [-0.4, -0.2) is 30.8 Å². The summed E-state index contributed by atoms with van der Waals surface area (Å²) < 4.78 is 18.7. The van der Waals surface area contributed by atoms with Gasteiger partial charge in [0.2, 0.25) is 0 Å². The predicted molar refractivity (Wildman–Crippen MR) is 64.7 cm³/mol. The summed E-state index contributed by atoms with van der Waals surface area (Å²) in [4.78, 5) is 11.2. The van der Waals surface area contributed by atoms with Crippen LogP contribution in [-0.2, 0) is 4.79 Å². The number of aliphatic hydroxyl groups excluding tert-OH is 1. The fraction of sp³-hybridized carbons (Fsp3) is 0.300. The summed E-state index contributed by atoms with van der Waals surface area (Å²) in [6, 6.07) is 2.43. The zero-order valence-electron chi connectivity index (χ0n) is 8.67. The van der Waals surface area contributed by atoms with E-state index in [1.165, 1.54) is 6.07 Å². The summed E-state index contributed by atoms with van der Waals surface area (Å²) >= 11 is 8.69. The molecular formula is C10H10BrClFNO3. The van der Waals surface area contributed by atoms with Crippen molar-refractivity contribution in [2.24, 2.45) is 0 Å². The Hall–Kier alpha value is -0.850. The van der Waals surface area contributed by atoms with Crippen molar-refractivity contribution < 1.29 is 19.0 Å². The van der Waals surface area contributed by atoms with E-state index in [-0.39, 0.29) is 30.5 Å². The van der Waals surface area contributed by atoms with E-state index in [4.69, 9.17) is 21.4 Å². The Morgan fingerprint density at radius 1 is 1.59 bits per heavy atom. The summed E-state index contributed by atoms with van der Waals surface area (Å²) in [6.07, 6.45) is 0. The summed E-state index contributed by atoms with van der Waals surface area (Å²) in [6.45, 7) is -0.261. The van der Waals surface area contributed by atoms with Gasteiger partial charge in [-0.15, -0.1) is 0 Å². The molecule has 0 spiro atoms. The third-order valence-corrected chi connectivity index (χ3v) is 2.68. The zero-order valence-corrected chi connectivity index (χ0v) is 11.0. The number of hydrogen-bond donors (Lipinski definition) is 2. The second kappa shape index (κ2) is 6.78. The molecule has 0 bridgehead atoms. The Morgan fingerprint density at radius 3 is 2.94 bits per heavy atom. The van der Waals surface area contributed by atoms with Crippen LogP contribution in [0, 0.1) is 5.82 Å². The number of aliphatic hydroxyl groups is 1. The third kappa shape index (κ3) is 4.49. The van der Waals surface area contributed by atoms with E-state index >= 15 is 0 Å². The Labute approximate surface area is 111 Å². The molecule has 1 aromatic carbocycles. The molecule has 0 aliphatic carbocycles. The summed E-state index contributed by atoms with van der Waals surface area (Å²) in [5, 5.41) is 10.8. The molecule has 0 atom stereocenters. The van der Waals surface area contributed by atoms with Crippen molar-refractivity contribution in [3.05, 3.63) is 27.4 Å². The molecule has 0 unspecified atom stereocenters. The van der Waals surface area contributed by atoms with Crippen molar-refractivity contribution in [1.82, 2.24) is 5.32 Å². The molecule has 0 heterocycles. The first-order valence-corrected chi connectivity index (χ1v) is 5.86. The van der Waals surface area contributed by atoms with E-state index in [1.807, 2.05) is 0 Å². The highest BCUT2D eigenvalue weighted by Crippen LogP contribution is 2.30. The minimum Gasteiger partial charge on any atom is -0.482 e. The molecule has 0 aliphatic heterocycles. The molecule has 94 valence electrons. The summed E-state index contributed by atoms with van der Waals surface area (Å²) in [5.74, 6) is -0.840. The van der Waals surface area contributed by atoms with Crippen molar-refractivity contribution in [2.45, 2.75) is 0 Å². The lowest BCUT2D eigenvalue weighted by Gasteiger charge is -2.09. The van der Waals surface area contributed by atoms with E-state index in [1.54, 1.807) is 0 Å². The third-order valence-electron chi connectivity index (χ3n) is 1.77. The molecular weight excluding hydrogens is 316 g/mol. The largest absolute Gasteiger partial charge is 0.482 e. The fourth-order valence-electron chi connectivity index (χ4n) is 1.00. The van der Waals surface area contributed by atoms with Crippen LogP contribution >= 0.6 is 27.5 Å². The smallest absolute Gasteiger partial charge is 0.258 e. The van der Waals surface area contributed by atoms with Gasteiger partial charge in [0.1, 0.15) is 11.6 Å². The van der Waals surface area contributed by atoms with Gasteiger partial charge in [-0.05, 0) is 22.0 Å². The van der Waals surface area contributed by atoms with Gasteiger partial charge in [-0.3, -0.25) is 4.79 Å². The molecule has 4 nitrogen and oxygen atoms in total. The average molecular weight is 327 g/mol. The maximum atomic E-state index is 13.1. The van der Waals surface area contributed by atoms with Crippen LogP contribution in [0.15, 0.2) is 16.6 Å². The number of rotatable bonds is 5. The lowest BCUT2D eigenvalue weighted by Crippen LogP contribution is -2.31. The van der Waals surface area contributed by atoms with Gasteiger partial charge in [0.05, 0.1) is 16.1 Å². The molecule has 17 heavy (non-hydrogen) atoms. The Morgan fingerprint density at radius 2 is 2.29 bits per heavy atom. The van der Waals surface area contributed by atoms with E-state index in [2.05, 4.69) is 21.2 Å². The van der Waals surface area contributed by atoms with Crippen LogP contribution in [0.2, 0.25) is 5.02 Å². The number of benzene rings is 1. The highest BCUT2D eigenvalue weighted by Gasteiger charge is 2.09. The maximum absolute atomic E-state index is 13.1. The van der Waals surface area contributed by atoms with Crippen LogP contribution < -0.4 is 10.1 Å². The number of carbonyl (C=O) groups excluding carboxylic acids is 1. The topological polar surface area (TPSA) is 58.6 Å². The Bertz CT molecular complexity index is 417. The quantitative estimate of drug-likeness (QED) is 0.810. The van der Waals surface area contributed by atoms with Gasteiger partial charge in [0.15, 0.2) is 6.61 Å². The maximum Gasteiger partial charge on any atom is 0.258 e. The highest BCUT2D eigenvalue weighted by atomic mass is 79.9. The molecule has 0 aliphatic rings. The summed E-state index contributed by atoms with van der Waals surface area (Å²) in [5.41, 5.74) is 0. The monoisotopic (exact) mass is 325 g/mol. The number of carbonyl (C=O) groups is 1. The van der Waals surface area contributed by atoms with Gasteiger partial charge in [-0.25, -0.2) is 4.39 Å². The minimum atomic E-state index is -0.624. The first-order chi connectivity index (χ1) is 8.04. The average Bonchev–Trinajstić information content (AvgIpc) is 2.29. The van der Waals surface area contributed by atoms with Crippen LogP contribution in [0.25, 0.3) is 0 Å². The molecule has 0 radical (unpaired) electrons. The standard InChI is InChI=1S/C10H10BrClFNO3/c11-6-3-7(12)8(13)4-9(6)17-5-10(16)14-1-2-15/h3-4,15H,1-2,5H2,(H,14,16). The number of ether oxygens (including phenoxy) is 1. The SMILES string of the molecule is O=C(COc1cc(F)c(Cl)cc1Br)NCCO. The minimum absolute atomic E-state index is 0.0334. The molecule has 0 saturated carbocycles. The number of amides is 1. The molecule has 1 rings (SSSR count). The van der Waals surface area contributed by atoms with Crippen LogP contribution in [0.5, 0.6) is 5.75 Å².